The molecule has 2 aliphatic rings. The van der Waals surface area contributed by atoms with Crippen LogP contribution in [0.25, 0.3) is 0 Å². The maximum absolute atomic E-state index is 12.0. The van der Waals surface area contributed by atoms with E-state index < -0.39 is 17.7 Å². The van der Waals surface area contributed by atoms with E-state index in [-0.39, 0.29) is 5.92 Å². The van der Waals surface area contributed by atoms with Crippen LogP contribution in [0, 0.1) is 5.92 Å². The molecule has 0 unspecified atom stereocenters. The molecule has 7 nitrogen and oxygen atoms in total. The van der Waals surface area contributed by atoms with Crippen LogP contribution in [0.2, 0.25) is 0 Å². The van der Waals surface area contributed by atoms with Gasteiger partial charge >= 0.3 is 12.1 Å². The Hall–Kier alpha value is -2.18. The first kappa shape index (κ1) is 12.8. The highest BCUT2D eigenvalue weighted by Crippen LogP contribution is 2.40. The van der Waals surface area contributed by atoms with Crippen molar-refractivity contribution in [1.29, 1.82) is 0 Å². The molecule has 1 saturated carbocycles. The summed E-state index contributed by atoms with van der Waals surface area (Å²) in [4.78, 5) is 32.5. The number of carboxylic acid groups (broad SMARTS) is 1. The van der Waals surface area contributed by atoms with Gasteiger partial charge in [-0.25, -0.2) is 19.7 Å². The Morgan fingerprint density at radius 2 is 2.00 bits per heavy atom. The van der Waals surface area contributed by atoms with Crippen molar-refractivity contribution in [2.45, 2.75) is 31.3 Å². The van der Waals surface area contributed by atoms with E-state index in [0.717, 1.165) is 0 Å². The highest BCUT2D eigenvalue weighted by Gasteiger charge is 2.49. The third-order valence-corrected chi connectivity index (χ3v) is 4.01. The summed E-state index contributed by atoms with van der Waals surface area (Å²) in [6.07, 6.45) is 4.89. The van der Waals surface area contributed by atoms with Crippen LogP contribution in [0.5, 0.6) is 0 Å². The molecule has 106 valence electrons. The Bertz CT molecular complexity index is 526. The maximum atomic E-state index is 12.0. The number of carboxylic acids is 1. The molecule has 7 heteroatoms. The lowest BCUT2D eigenvalue weighted by molar-refractivity contribution is -0.144. The fourth-order valence-electron chi connectivity index (χ4n) is 2.86. The summed E-state index contributed by atoms with van der Waals surface area (Å²) in [7, 11) is 0. The number of ether oxygens (including phenoxy) is 1. The Morgan fingerprint density at radius 1 is 1.35 bits per heavy atom. The SMILES string of the molecule is O=C1O[C@]2(CC[C@H](C(=O)O)CC2)CN1c1ncccn1. The smallest absolute Gasteiger partial charge is 0.417 e. The van der Waals surface area contributed by atoms with Gasteiger partial charge in [-0.1, -0.05) is 0 Å². The summed E-state index contributed by atoms with van der Waals surface area (Å²) in [5.74, 6) is -0.775. The van der Waals surface area contributed by atoms with Crippen LogP contribution in [0.15, 0.2) is 18.5 Å². The molecule has 1 spiro atoms. The van der Waals surface area contributed by atoms with Gasteiger partial charge in [-0.05, 0) is 31.7 Å². The van der Waals surface area contributed by atoms with Crippen molar-refractivity contribution in [3.05, 3.63) is 18.5 Å². The van der Waals surface area contributed by atoms with Gasteiger partial charge in [-0.15, -0.1) is 0 Å². The second-order valence-electron chi connectivity index (χ2n) is 5.30. The molecule has 1 saturated heterocycles. The maximum Gasteiger partial charge on any atom is 0.417 e. The molecule has 20 heavy (non-hydrogen) atoms. The third kappa shape index (κ3) is 2.19. The van der Waals surface area contributed by atoms with Crippen molar-refractivity contribution in [3.63, 3.8) is 0 Å². The fourth-order valence-corrected chi connectivity index (χ4v) is 2.86. The minimum atomic E-state index is -0.771. The van der Waals surface area contributed by atoms with E-state index in [1.54, 1.807) is 18.5 Å². The highest BCUT2D eigenvalue weighted by atomic mass is 16.6. The Labute approximate surface area is 115 Å². The van der Waals surface area contributed by atoms with E-state index in [1.807, 2.05) is 0 Å². The molecule has 1 aliphatic heterocycles. The number of amides is 1. The molecule has 2 heterocycles. The van der Waals surface area contributed by atoms with Crippen molar-refractivity contribution >= 4 is 18.0 Å². The average molecular weight is 277 g/mol. The monoisotopic (exact) mass is 277 g/mol. The van der Waals surface area contributed by atoms with Crippen LogP contribution in [-0.4, -0.2) is 39.3 Å². The van der Waals surface area contributed by atoms with Crippen LogP contribution in [0.1, 0.15) is 25.7 Å². The van der Waals surface area contributed by atoms with Gasteiger partial charge in [-0.2, -0.15) is 0 Å². The van der Waals surface area contributed by atoms with Gasteiger partial charge in [0.1, 0.15) is 5.60 Å². The van der Waals surface area contributed by atoms with Crippen LogP contribution in [0.4, 0.5) is 10.7 Å². The largest absolute Gasteiger partial charge is 0.481 e. The van der Waals surface area contributed by atoms with E-state index in [0.29, 0.717) is 38.2 Å². The highest BCUT2D eigenvalue weighted by molar-refractivity contribution is 5.88. The summed E-state index contributed by atoms with van der Waals surface area (Å²) in [5.41, 5.74) is -0.581. The van der Waals surface area contributed by atoms with Gasteiger partial charge in [0.2, 0.25) is 5.95 Å². The predicted octanol–water partition coefficient (Wildman–Crippen LogP) is 1.45. The van der Waals surface area contributed by atoms with Gasteiger partial charge in [0.25, 0.3) is 0 Å². The standard InChI is InChI=1S/C13H15N3O4/c17-10(18)9-2-4-13(5-3-9)8-16(12(19)20-13)11-14-6-1-7-15-11/h1,6-7,9H,2-5,8H2,(H,17,18)/t9-,13-. The number of hydrogen-bond acceptors (Lipinski definition) is 5. The van der Waals surface area contributed by atoms with E-state index in [1.165, 1.54) is 4.90 Å². The molecular weight excluding hydrogens is 262 g/mol. The number of aliphatic carboxylic acids is 1. The number of carbonyl (C=O) groups is 2. The summed E-state index contributed by atoms with van der Waals surface area (Å²) >= 11 is 0. The summed E-state index contributed by atoms with van der Waals surface area (Å²) in [6, 6.07) is 1.68. The molecule has 0 bridgehead atoms. The van der Waals surface area contributed by atoms with E-state index in [4.69, 9.17) is 9.84 Å². The summed E-state index contributed by atoms with van der Waals surface area (Å²) < 4.78 is 5.50. The second-order valence-corrected chi connectivity index (χ2v) is 5.30. The van der Waals surface area contributed by atoms with Crippen molar-refractivity contribution in [2.75, 3.05) is 11.4 Å². The Morgan fingerprint density at radius 3 is 2.60 bits per heavy atom. The van der Waals surface area contributed by atoms with E-state index >= 15 is 0 Å². The summed E-state index contributed by atoms with van der Waals surface area (Å²) in [6.45, 7) is 0.391. The number of aromatic nitrogens is 2. The lowest BCUT2D eigenvalue weighted by atomic mass is 9.79. The van der Waals surface area contributed by atoms with Crippen LogP contribution in [-0.2, 0) is 9.53 Å². The first-order valence-electron chi connectivity index (χ1n) is 6.60. The average Bonchev–Trinajstić information content (AvgIpc) is 2.77. The second kappa shape index (κ2) is 4.73. The minimum absolute atomic E-state index is 0.328. The molecule has 1 amide bonds. The predicted molar refractivity (Wildman–Crippen MR) is 68.2 cm³/mol. The van der Waals surface area contributed by atoms with Crippen molar-refractivity contribution < 1.29 is 19.4 Å². The van der Waals surface area contributed by atoms with Gasteiger partial charge < -0.3 is 9.84 Å². The number of nitrogens with zero attached hydrogens (tertiary/aromatic N) is 3. The molecule has 2 fully saturated rings. The van der Waals surface area contributed by atoms with Crippen molar-refractivity contribution in [3.8, 4) is 0 Å². The Kier molecular flexibility index (Phi) is 3.04. The lowest BCUT2D eigenvalue weighted by Crippen LogP contribution is -2.40. The molecule has 1 N–H and O–H groups in total. The number of carbonyl (C=O) groups excluding carboxylic acids is 1. The van der Waals surface area contributed by atoms with Crippen molar-refractivity contribution in [1.82, 2.24) is 9.97 Å². The molecule has 1 aromatic rings. The van der Waals surface area contributed by atoms with Crippen LogP contribution in [0.3, 0.4) is 0 Å². The van der Waals surface area contributed by atoms with Gasteiger partial charge in [0.15, 0.2) is 0 Å². The van der Waals surface area contributed by atoms with E-state index in [9.17, 15) is 9.59 Å². The molecule has 1 aliphatic carbocycles. The van der Waals surface area contributed by atoms with Crippen LogP contribution < -0.4 is 4.90 Å². The molecule has 3 rings (SSSR count). The molecular formula is C13H15N3O4. The van der Waals surface area contributed by atoms with Gasteiger partial charge in [0, 0.05) is 12.4 Å². The number of rotatable bonds is 2. The van der Waals surface area contributed by atoms with Gasteiger partial charge in [-0.3, -0.25) is 4.79 Å². The first-order valence-corrected chi connectivity index (χ1v) is 6.60. The lowest BCUT2D eigenvalue weighted by Gasteiger charge is -2.33. The third-order valence-electron chi connectivity index (χ3n) is 4.01. The fraction of sp³-hybridized carbons (Fsp3) is 0.538. The molecule has 0 atom stereocenters. The molecule has 0 aromatic carbocycles. The van der Waals surface area contributed by atoms with E-state index in [2.05, 4.69) is 9.97 Å². The zero-order chi connectivity index (χ0) is 14.2. The first-order chi connectivity index (χ1) is 9.60. The van der Waals surface area contributed by atoms with Crippen molar-refractivity contribution in [2.24, 2.45) is 5.92 Å². The quantitative estimate of drug-likeness (QED) is 0.879. The number of anilines is 1. The topological polar surface area (TPSA) is 92.6 Å². The van der Waals surface area contributed by atoms with Gasteiger partial charge in [0.05, 0.1) is 12.5 Å². The van der Waals surface area contributed by atoms with Crippen LogP contribution >= 0.6 is 0 Å². The molecule has 1 aromatic heterocycles. The Balaban J connectivity index is 1.73. The number of hydrogen-bond donors (Lipinski definition) is 1. The molecule has 0 radical (unpaired) electrons. The zero-order valence-electron chi connectivity index (χ0n) is 10.9. The zero-order valence-corrected chi connectivity index (χ0v) is 10.9. The summed E-state index contributed by atoms with van der Waals surface area (Å²) in [5, 5.41) is 9.01. The minimum Gasteiger partial charge on any atom is -0.481 e. The normalized spacial score (nSPS) is 29.5.